The molecule has 6 heteroatoms. The predicted octanol–water partition coefficient (Wildman–Crippen LogP) is 3.57. The minimum Gasteiger partial charge on any atom is -0.496 e. The van der Waals surface area contributed by atoms with E-state index in [4.69, 9.17) is 9.47 Å². The van der Waals surface area contributed by atoms with Crippen LogP contribution in [-0.2, 0) is 9.53 Å². The lowest BCUT2D eigenvalue weighted by Crippen LogP contribution is -2.45. The molecular weight excluding hydrogens is 320 g/mol. The van der Waals surface area contributed by atoms with Crippen LogP contribution in [0.4, 0.5) is 0 Å². The Hall–Kier alpha value is -2.08. The fraction of sp³-hybridized carbons (Fsp3) is 0.579. The number of carbonyl (C=O) groups is 2. The van der Waals surface area contributed by atoms with Crippen molar-refractivity contribution in [2.45, 2.75) is 40.2 Å². The quantitative estimate of drug-likeness (QED) is 0.428. The van der Waals surface area contributed by atoms with E-state index < -0.39 is 5.41 Å². The van der Waals surface area contributed by atoms with E-state index in [1.807, 2.05) is 27.7 Å². The van der Waals surface area contributed by atoms with E-state index in [9.17, 15) is 9.59 Å². The Labute approximate surface area is 150 Å². The molecule has 1 amide bonds. The van der Waals surface area contributed by atoms with Crippen LogP contribution in [-0.4, -0.2) is 50.3 Å². The highest BCUT2D eigenvalue weighted by Crippen LogP contribution is 2.24. The number of hydrogen-bond donors (Lipinski definition) is 0. The Morgan fingerprint density at radius 1 is 1.20 bits per heavy atom. The average Bonchev–Trinajstić information content (AvgIpc) is 2.52. The molecule has 0 heterocycles. The third kappa shape index (κ3) is 6.38. The van der Waals surface area contributed by atoms with Gasteiger partial charge in [-0.1, -0.05) is 19.1 Å². The number of esters is 1. The predicted molar refractivity (Wildman–Crippen MR) is 97.3 cm³/mol. The molecule has 1 rings (SSSR count). The molecular formula is C19H30N2O4. The second-order valence-electron chi connectivity index (χ2n) is 7.59. The first-order chi connectivity index (χ1) is 11.5. The minimum atomic E-state index is -0.561. The van der Waals surface area contributed by atoms with Crippen molar-refractivity contribution in [1.29, 1.82) is 0 Å². The zero-order chi connectivity index (χ0) is 19.3. The van der Waals surface area contributed by atoms with Gasteiger partial charge in [0.1, 0.15) is 24.3 Å². The van der Waals surface area contributed by atoms with Gasteiger partial charge < -0.3 is 24.3 Å². The number of carbonyl (C=O) groups excluding carboxylic acids is 2. The molecule has 0 N–H and O–H groups in total. The molecule has 0 aliphatic rings. The number of rotatable bonds is 7. The smallest absolute Gasteiger partial charge is 0.311 e. The molecule has 25 heavy (non-hydrogen) atoms. The van der Waals surface area contributed by atoms with Crippen LogP contribution in [0.25, 0.3) is 5.43 Å². The zero-order valence-electron chi connectivity index (χ0n) is 16.3. The molecule has 0 bridgehead atoms. The van der Waals surface area contributed by atoms with E-state index in [1.165, 1.54) is 7.11 Å². The summed E-state index contributed by atoms with van der Waals surface area (Å²) in [7, 11) is 5.13. The zero-order valence-corrected chi connectivity index (χ0v) is 16.3. The van der Waals surface area contributed by atoms with Crippen molar-refractivity contribution in [1.82, 2.24) is 0 Å². The normalized spacial score (nSPS) is 13.1. The van der Waals surface area contributed by atoms with Crippen LogP contribution in [0.1, 0.15) is 44.5 Å². The van der Waals surface area contributed by atoms with Crippen LogP contribution < -0.4 is 4.74 Å². The summed E-state index contributed by atoms with van der Waals surface area (Å²) in [5, 5.41) is 0. The molecule has 1 atom stereocenters. The van der Waals surface area contributed by atoms with Gasteiger partial charge in [-0.25, -0.2) is 0 Å². The number of nitrogens with zero attached hydrogens (tertiary/aromatic N) is 2. The molecule has 1 aromatic rings. The molecule has 0 aliphatic heterocycles. The van der Waals surface area contributed by atoms with E-state index in [0.29, 0.717) is 24.3 Å². The van der Waals surface area contributed by atoms with Gasteiger partial charge in [0, 0.05) is 5.56 Å². The first-order valence-electron chi connectivity index (χ1n) is 8.45. The Bertz CT molecular complexity index is 606. The summed E-state index contributed by atoms with van der Waals surface area (Å²) in [4.78, 5) is 24.6. The lowest BCUT2D eigenvalue weighted by Gasteiger charge is -2.43. The van der Waals surface area contributed by atoms with E-state index in [1.54, 1.807) is 38.4 Å². The molecule has 0 radical (unpaired) electrons. The van der Waals surface area contributed by atoms with Crippen molar-refractivity contribution in [3.8, 4) is 5.75 Å². The van der Waals surface area contributed by atoms with Gasteiger partial charge in [-0.3, -0.25) is 4.79 Å². The van der Waals surface area contributed by atoms with Crippen LogP contribution in [0.2, 0.25) is 0 Å². The van der Waals surface area contributed by atoms with Crippen molar-refractivity contribution in [3.05, 3.63) is 35.3 Å². The maximum absolute atomic E-state index is 12.5. The SMILES string of the molecule is CCC(C[N+](C)(C)[N-]C(=O)c1ccccc1OC)OC(=O)C(C)(C)C. The molecule has 0 aromatic heterocycles. The van der Waals surface area contributed by atoms with E-state index in [-0.39, 0.29) is 22.6 Å². The van der Waals surface area contributed by atoms with Crippen LogP contribution in [0.15, 0.2) is 24.3 Å². The highest BCUT2D eigenvalue weighted by molar-refractivity contribution is 6.04. The summed E-state index contributed by atoms with van der Waals surface area (Å²) in [5.74, 6) is -0.127. The van der Waals surface area contributed by atoms with Gasteiger partial charge in [0.15, 0.2) is 0 Å². The van der Waals surface area contributed by atoms with E-state index in [2.05, 4.69) is 5.43 Å². The first kappa shape index (κ1) is 21.0. The monoisotopic (exact) mass is 350 g/mol. The Kier molecular flexibility index (Phi) is 6.99. The maximum Gasteiger partial charge on any atom is 0.311 e. The molecule has 0 saturated heterocycles. The third-order valence-electron chi connectivity index (χ3n) is 3.69. The fourth-order valence-corrected chi connectivity index (χ4v) is 2.24. The fourth-order valence-electron chi connectivity index (χ4n) is 2.24. The Morgan fingerprint density at radius 3 is 2.32 bits per heavy atom. The van der Waals surface area contributed by atoms with Crippen molar-refractivity contribution >= 4 is 11.9 Å². The number of para-hydroxylation sites is 1. The number of quaternary nitrogens is 1. The van der Waals surface area contributed by atoms with E-state index in [0.717, 1.165) is 0 Å². The van der Waals surface area contributed by atoms with Crippen molar-refractivity contribution in [3.63, 3.8) is 0 Å². The van der Waals surface area contributed by atoms with Crippen molar-refractivity contribution in [2.24, 2.45) is 5.41 Å². The average molecular weight is 350 g/mol. The lowest BCUT2D eigenvalue weighted by atomic mass is 9.97. The molecule has 1 aromatic carbocycles. The highest BCUT2D eigenvalue weighted by Gasteiger charge is 2.28. The van der Waals surface area contributed by atoms with Crippen molar-refractivity contribution in [2.75, 3.05) is 27.7 Å². The summed E-state index contributed by atoms with van der Waals surface area (Å²) < 4.78 is 10.9. The number of benzene rings is 1. The molecule has 140 valence electrons. The summed E-state index contributed by atoms with van der Waals surface area (Å²) in [6.45, 7) is 7.81. The first-order valence-corrected chi connectivity index (χ1v) is 8.45. The number of hydrogen-bond acceptors (Lipinski definition) is 4. The van der Waals surface area contributed by atoms with Gasteiger partial charge in [0.05, 0.1) is 26.6 Å². The van der Waals surface area contributed by atoms with Gasteiger partial charge in [0.25, 0.3) is 0 Å². The molecule has 0 spiro atoms. The number of methoxy groups -OCH3 is 1. The number of likely N-dealkylation sites (N-methyl/N-ethyl adjacent to an activating group) is 1. The van der Waals surface area contributed by atoms with Crippen molar-refractivity contribution < 1.29 is 23.7 Å². The lowest BCUT2D eigenvalue weighted by molar-refractivity contribution is -0.852. The number of amides is 1. The molecule has 6 nitrogen and oxygen atoms in total. The Balaban J connectivity index is 2.79. The topological polar surface area (TPSA) is 66.7 Å². The second-order valence-corrected chi connectivity index (χ2v) is 7.59. The van der Waals surface area contributed by atoms with Gasteiger partial charge >= 0.3 is 5.97 Å². The van der Waals surface area contributed by atoms with Gasteiger partial charge in [-0.05, 0) is 39.3 Å². The largest absolute Gasteiger partial charge is 0.496 e. The molecule has 0 aliphatic carbocycles. The third-order valence-corrected chi connectivity index (χ3v) is 3.69. The van der Waals surface area contributed by atoms with E-state index >= 15 is 0 Å². The standard InChI is InChI=1S/C19H30N2O4/c1-8-14(25-18(23)19(2,3)4)13-21(5,6)20-17(22)15-11-9-10-12-16(15)24-7/h9-12,14H,8,13H2,1-7H3. The highest BCUT2D eigenvalue weighted by atomic mass is 16.5. The van der Waals surface area contributed by atoms with Crippen LogP contribution in [0.3, 0.4) is 0 Å². The summed E-state index contributed by atoms with van der Waals surface area (Å²) >= 11 is 0. The number of ether oxygens (including phenoxy) is 2. The summed E-state index contributed by atoms with van der Waals surface area (Å²) in [6.07, 6.45) is 0.345. The maximum atomic E-state index is 12.5. The van der Waals surface area contributed by atoms with Crippen LogP contribution >= 0.6 is 0 Å². The van der Waals surface area contributed by atoms with Crippen LogP contribution in [0.5, 0.6) is 5.75 Å². The minimum absolute atomic E-state index is 0.0623. The van der Waals surface area contributed by atoms with Crippen LogP contribution in [0, 0.1) is 5.41 Å². The van der Waals surface area contributed by atoms with Gasteiger partial charge in [-0.15, -0.1) is 0 Å². The summed E-state index contributed by atoms with van der Waals surface area (Å²) in [6, 6.07) is 6.98. The molecule has 0 saturated carbocycles. The molecule has 1 unspecified atom stereocenters. The Morgan fingerprint density at radius 2 is 1.80 bits per heavy atom. The molecule has 0 fully saturated rings. The van der Waals surface area contributed by atoms with Gasteiger partial charge in [0.2, 0.25) is 0 Å². The summed E-state index contributed by atoms with van der Waals surface area (Å²) in [5.41, 5.74) is 4.12. The second kappa shape index (κ2) is 8.34. The van der Waals surface area contributed by atoms with Gasteiger partial charge in [-0.2, -0.15) is 0 Å².